The fraction of sp³-hybridized carbons (Fsp3) is 0.385. The predicted octanol–water partition coefficient (Wildman–Crippen LogP) is 1.69. The Morgan fingerprint density at radius 2 is 1.94 bits per heavy atom. The van der Waals surface area contributed by atoms with Gasteiger partial charge in [-0.05, 0) is 17.7 Å². The lowest BCUT2D eigenvalue weighted by atomic mass is 10.2. The zero-order valence-electron chi connectivity index (χ0n) is 9.96. The van der Waals surface area contributed by atoms with Crippen LogP contribution in [0.1, 0.15) is 5.56 Å². The Balaban J connectivity index is 2.28. The molecule has 0 aliphatic rings. The van der Waals surface area contributed by atoms with Gasteiger partial charge in [0.15, 0.2) is 6.79 Å². The number of aliphatic hydroxyl groups excluding tert-OH is 1. The van der Waals surface area contributed by atoms with E-state index in [-0.39, 0.29) is 13.4 Å². The Bertz CT molecular complexity index is 319. The number of benzene rings is 1. The molecule has 17 heavy (non-hydrogen) atoms. The zero-order chi connectivity index (χ0) is 12.3. The standard InChI is InChI=1S/C13H18O4/c1-15-9-10-16-11-17-13-6-4-12(5-7-13)3-2-8-14/h2-7,14H,8-11H2,1H3. The monoisotopic (exact) mass is 238 g/mol. The third-order valence-corrected chi connectivity index (χ3v) is 2.04. The van der Waals surface area contributed by atoms with Gasteiger partial charge in [0, 0.05) is 7.11 Å². The van der Waals surface area contributed by atoms with E-state index in [4.69, 9.17) is 19.3 Å². The van der Waals surface area contributed by atoms with Gasteiger partial charge >= 0.3 is 0 Å². The van der Waals surface area contributed by atoms with Crippen molar-refractivity contribution in [1.82, 2.24) is 0 Å². The number of hydrogen-bond donors (Lipinski definition) is 1. The molecule has 0 fully saturated rings. The summed E-state index contributed by atoms with van der Waals surface area (Å²) in [5.74, 6) is 0.753. The van der Waals surface area contributed by atoms with E-state index in [1.807, 2.05) is 30.3 Å². The van der Waals surface area contributed by atoms with Crippen LogP contribution in [-0.4, -0.2) is 38.8 Å². The largest absolute Gasteiger partial charge is 0.468 e. The number of aliphatic hydroxyl groups is 1. The van der Waals surface area contributed by atoms with Crippen molar-refractivity contribution in [2.45, 2.75) is 0 Å². The zero-order valence-corrected chi connectivity index (χ0v) is 9.96. The van der Waals surface area contributed by atoms with E-state index in [2.05, 4.69) is 0 Å². The summed E-state index contributed by atoms with van der Waals surface area (Å²) in [7, 11) is 1.63. The molecule has 0 heterocycles. The maximum absolute atomic E-state index is 8.63. The Kier molecular flexibility index (Phi) is 7.06. The van der Waals surface area contributed by atoms with Gasteiger partial charge in [-0.25, -0.2) is 0 Å². The van der Waals surface area contributed by atoms with Crippen molar-refractivity contribution >= 4 is 6.08 Å². The van der Waals surface area contributed by atoms with Crippen LogP contribution in [-0.2, 0) is 9.47 Å². The van der Waals surface area contributed by atoms with E-state index in [0.29, 0.717) is 13.2 Å². The lowest BCUT2D eigenvalue weighted by molar-refractivity contribution is -0.00847. The van der Waals surface area contributed by atoms with Crippen molar-refractivity contribution in [3.05, 3.63) is 35.9 Å². The second-order valence-electron chi connectivity index (χ2n) is 3.32. The molecule has 0 unspecified atom stereocenters. The first-order valence-corrected chi connectivity index (χ1v) is 5.43. The van der Waals surface area contributed by atoms with Gasteiger partial charge in [0.2, 0.25) is 0 Å². The molecular formula is C13H18O4. The highest BCUT2D eigenvalue weighted by atomic mass is 16.7. The third kappa shape index (κ3) is 6.06. The van der Waals surface area contributed by atoms with Gasteiger partial charge in [-0.1, -0.05) is 24.3 Å². The normalized spacial score (nSPS) is 10.9. The fourth-order valence-corrected chi connectivity index (χ4v) is 1.17. The van der Waals surface area contributed by atoms with Crippen molar-refractivity contribution in [2.75, 3.05) is 33.7 Å². The SMILES string of the molecule is COCCOCOc1ccc(C=CCO)cc1. The molecule has 0 amide bonds. The molecule has 0 aliphatic heterocycles. The molecule has 0 aliphatic carbocycles. The Morgan fingerprint density at radius 1 is 1.18 bits per heavy atom. The van der Waals surface area contributed by atoms with Gasteiger partial charge < -0.3 is 19.3 Å². The number of ether oxygens (including phenoxy) is 3. The fourth-order valence-electron chi connectivity index (χ4n) is 1.17. The molecule has 0 spiro atoms. The second kappa shape index (κ2) is 8.75. The molecule has 0 saturated heterocycles. The highest BCUT2D eigenvalue weighted by Crippen LogP contribution is 2.13. The summed E-state index contributed by atoms with van der Waals surface area (Å²) in [4.78, 5) is 0. The highest BCUT2D eigenvalue weighted by molar-refractivity contribution is 5.50. The van der Waals surface area contributed by atoms with Crippen LogP contribution in [0.3, 0.4) is 0 Å². The topological polar surface area (TPSA) is 47.9 Å². The molecule has 0 saturated carbocycles. The molecule has 0 radical (unpaired) electrons. The summed E-state index contributed by atoms with van der Waals surface area (Å²) >= 11 is 0. The summed E-state index contributed by atoms with van der Waals surface area (Å²) in [6.45, 7) is 1.35. The smallest absolute Gasteiger partial charge is 0.189 e. The molecule has 0 aromatic heterocycles. The van der Waals surface area contributed by atoms with Crippen LogP contribution in [0.15, 0.2) is 30.3 Å². The van der Waals surface area contributed by atoms with Crippen LogP contribution >= 0.6 is 0 Å². The predicted molar refractivity (Wildman–Crippen MR) is 65.9 cm³/mol. The van der Waals surface area contributed by atoms with Gasteiger partial charge in [0.25, 0.3) is 0 Å². The summed E-state index contributed by atoms with van der Waals surface area (Å²) in [5, 5.41) is 8.63. The molecule has 1 aromatic rings. The minimum absolute atomic E-state index is 0.0472. The first kappa shape index (κ1) is 13.7. The van der Waals surface area contributed by atoms with Gasteiger partial charge in [-0.2, -0.15) is 0 Å². The number of rotatable bonds is 8. The minimum Gasteiger partial charge on any atom is -0.468 e. The lowest BCUT2D eigenvalue weighted by Gasteiger charge is -2.06. The van der Waals surface area contributed by atoms with Gasteiger partial charge in [0.05, 0.1) is 19.8 Å². The average molecular weight is 238 g/mol. The van der Waals surface area contributed by atoms with Crippen molar-refractivity contribution in [1.29, 1.82) is 0 Å². The van der Waals surface area contributed by atoms with Gasteiger partial charge in [0.1, 0.15) is 5.75 Å². The van der Waals surface area contributed by atoms with E-state index in [1.165, 1.54) is 0 Å². The number of methoxy groups -OCH3 is 1. The van der Waals surface area contributed by atoms with Crippen LogP contribution in [0.2, 0.25) is 0 Å². The van der Waals surface area contributed by atoms with Crippen LogP contribution in [0, 0.1) is 0 Å². The molecular weight excluding hydrogens is 220 g/mol. The summed E-state index contributed by atoms with van der Waals surface area (Å²) in [5.41, 5.74) is 1.02. The molecule has 1 aromatic carbocycles. The highest BCUT2D eigenvalue weighted by Gasteiger charge is 1.93. The molecule has 0 atom stereocenters. The van der Waals surface area contributed by atoms with Crippen molar-refractivity contribution < 1.29 is 19.3 Å². The van der Waals surface area contributed by atoms with Crippen LogP contribution in [0.5, 0.6) is 5.75 Å². The van der Waals surface area contributed by atoms with E-state index >= 15 is 0 Å². The molecule has 4 nitrogen and oxygen atoms in total. The van der Waals surface area contributed by atoms with Gasteiger partial charge in [-0.3, -0.25) is 0 Å². The first-order chi connectivity index (χ1) is 8.36. The van der Waals surface area contributed by atoms with E-state index in [9.17, 15) is 0 Å². The Labute approximate surface area is 101 Å². The van der Waals surface area contributed by atoms with E-state index in [0.717, 1.165) is 11.3 Å². The van der Waals surface area contributed by atoms with E-state index in [1.54, 1.807) is 13.2 Å². The molecule has 1 N–H and O–H groups in total. The molecule has 0 bridgehead atoms. The van der Waals surface area contributed by atoms with Crippen LogP contribution in [0.4, 0.5) is 0 Å². The first-order valence-electron chi connectivity index (χ1n) is 5.43. The Morgan fingerprint density at radius 3 is 2.59 bits per heavy atom. The quantitative estimate of drug-likeness (QED) is 0.553. The average Bonchev–Trinajstić information content (AvgIpc) is 2.37. The van der Waals surface area contributed by atoms with E-state index < -0.39 is 0 Å². The van der Waals surface area contributed by atoms with Crippen molar-refractivity contribution in [3.8, 4) is 5.75 Å². The maximum atomic E-state index is 8.63. The second-order valence-corrected chi connectivity index (χ2v) is 3.32. The van der Waals surface area contributed by atoms with Crippen molar-refractivity contribution in [2.24, 2.45) is 0 Å². The molecule has 4 heteroatoms. The molecule has 1 rings (SSSR count). The molecule has 94 valence electrons. The minimum atomic E-state index is 0.0472. The third-order valence-electron chi connectivity index (χ3n) is 2.04. The summed E-state index contributed by atoms with van der Waals surface area (Å²) in [6, 6.07) is 7.54. The van der Waals surface area contributed by atoms with Crippen molar-refractivity contribution in [3.63, 3.8) is 0 Å². The van der Waals surface area contributed by atoms with Crippen LogP contribution in [0.25, 0.3) is 6.08 Å². The summed E-state index contributed by atoms with van der Waals surface area (Å²) < 4.78 is 15.4. The summed E-state index contributed by atoms with van der Waals surface area (Å²) in [6.07, 6.45) is 3.53. The maximum Gasteiger partial charge on any atom is 0.189 e. The van der Waals surface area contributed by atoms with Gasteiger partial charge in [-0.15, -0.1) is 0 Å². The Hall–Kier alpha value is -1.36. The van der Waals surface area contributed by atoms with Crippen LogP contribution < -0.4 is 4.74 Å². The number of hydrogen-bond acceptors (Lipinski definition) is 4. The lowest BCUT2D eigenvalue weighted by Crippen LogP contribution is -2.07.